The highest BCUT2D eigenvalue weighted by Gasteiger charge is 2.20. The first-order valence-corrected chi connectivity index (χ1v) is 6.11. The number of nitrogens with zero attached hydrogens (tertiary/aromatic N) is 1. The van der Waals surface area contributed by atoms with E-state index in [0.717, 1.165) is 11.6 Å². The molecule has 2 nitrogen and oxygen atoms in total. The summed E-state index contributed by atoms with van der Waals surface area (Å²) in [5.41, 5.74) is 2.63. The van der Waals surface area contributed by atoms with E-state index in [0.29, 0.717) is 6.04 Å². The van der Waals surface area contributed by atoms with Crippen LogP contribution in [-0.2, 0) is 7.05 Å². The third-order valence-corrected chi connectivity index (χ3v) is 3.65. The molecule has 1 unspecified atom stereocenters. The molecule has 1 saturated heterocycles. The van der Waals surface area contributed by atoms with Gasteiger partial charge in [0.1, 0.15) is 0 Å². The Morgan fingerprint density at radius 1 is 1.44 bits per heavy atom. The molecule has 1 aromatic heterocycles. The van der Waals surface area contributed by atoms with Gasteiger partial charge in [0, 0.05) is 35.2 Å². The van der Waals surface area contributed by atoms with Crippen molar-refractivity contribution in [3.63, 3.8) is 0 Å². The molecule has 1 N–H and O–H groups in total. The number of hydrogen-bond donors (Lipinski definition) is 1. The van der Waals surface area contributed by atoms with Gasteiger partial charge in [0.15, 0.2) is 0 Å². The lowest BCUT2D eigenvalue weighted by molar-refractivity contribution is 0.650. The summed E-state index contributed by atoms with van der Waals surface area (Å²) >= 11 is 6.03. The Morgan fingerprint density at radius 2 is 2.31 bits per heavy atom. The standard InChI is InChI=1S/C13H15ClN2/c1-16-8-11(12-3-2-6-15-12)10-5-4-9(14)7-13(10)16/h4-5,7-8,12,15H,2-3,6H2,1H3. The van der Waals surface area contributed by atoms with Crippen molar-refractivity contribution in [2.45, 2.75) is 18.9 Å². The van der Waals surface area contributed by atoms with Gasteiger partial charge in [-0.3, -0.25) is 0 Å². The average Bonchev–Trinajstić information content (AvgIpc) is 2.87. The molecular weight excluding hydrogens is 220 g/mol. The number of rotatable bonds is 1. The van der Waals surface area contributed by atoms with Crippen LogP contribution >= 0.6 is 11.6 Å². The molecule has 1 aliphatic heterocycles. The van der Waals surface area contributed by atoms with Gasteiger partial charge in [0.05, 0.1) is 0 Å². The van der Waals surface area contributed by atoms with Gasteiger partial charge < -0.3 is 9.88 Å². The molecule has 0 bridgehead atoms. The van der Waals surface area contributed by atoms with Crippen LogP contribution in [0.15, 0.2) is 24.4 Å². The van der Waals surface area contributed by atoms with E-state index in [9.17, 15) is 0 Å². The number of nitrogens with one attached hydrogen (secondary N) is 1. The zero-order chi connectivity index (χ0) is 11.1. The van der Waals surface area contributed by atoms with E-state index < -0.39 is 0 Å². The summed E-state index contributed by atoms with van der Waals surface area (Å²) in [6.45, 7) is 1.13. The first-order valence-electron chi connectivity index (χ1n) is 5.73. The van der Waals surface area contributed by atoms with Crippen molar-refractivity contribution in [2.75, 3.05) is 6.54 Å². The van der Waals surface area contributed by atoms with Gasteiger partial charge in [-0.25, -0.2) is 0 Å². The number of aryl methyl sites for hydroxylation is 1. The fourth-order valence-corrected chi connectivity index (χ4v) is 2.78. The quantitative estimate of drug-likeness (QED) is 0.802. The molecule has 0 amide bonds. The molecule has 1 aromatic carbocycles. The molecule has 3 rings (SSSR count). The van der Waals surface area contributed by atoms with Gasteiger partial charge in [0.2, 0.25) is 0 Å². The van der Waals surface area contributed by atoms with Crippen molar-refractivity contribution in [1.82, 2.24) is 9.88 Å². The third kappa shape index (κ3) is 1.53. The molecule has 2 heterocycles. The molecule has 0 aliphatic carbocycles. The second kappa shape index (κ2) is 3.79. The molecular formula is C13H15ClN2. The topological polar surface area (TPSA) is 17.0 Å². The molecule has 1 atom stereocenters. The van der Waals surface area contributed by atoms with Crippen LogP contribution in [0.5, 0.6) is 0 Å². The van der Waals surface area contributed by atoms with Crippen LogP contribution in [-0.4, -0.2) is 11.1 Å². The minimum absolute atomic E-state index is 0.518. The summed E-state index contributed by atoms with van der Waals surface area (Å²) in [5, 5.41) is 5.68. The van der Waals surface area contributed by atoms with Crippen LogP contribution in [0.25, 0.3) is 10.9 Å². The second-order valence-electron chi connectivity index (χ2n) is 4.51. The van der Waals surface area contributed by atoms with Gasteiger partial charge in [-0.1, -0.05) is 17.7 Å². The first kappa shape index (κ1) is 10.2. The maximum Gasteiger partial charge on any atom is 0.0496 e. The fraction of sp³-hybridized carbons (Fsp3) is 0.385. The highest BCUT2D eigenvalue weighted by Crippen LogP contribution is 2.32. The van der Waals surface area contributed by atoms with Crippen LogP contribution in [0.1, 0.15) is 24.4 Å². The molecule has 0 radical (unpaired) electrons. The smallest absolute Gasteiger partial charge is 0.0496 e. The number of fused-ring (bicyclic) bond motifs is 1. The van der Waals surface area contributed by atoms with Crippen molar-refractivity contribution in [1.29, 1.82) is 0 Å². The van der Waals surface area contributed by atoms with Gasteiger partial charge in [0.25, 0.3) is 0 Å². The van der Waals surface area contributed by atoms with Gasteiger partial charge >= 0.3 is 0 Å². The lowest BCUT2D eigenvalue weighted by Gasteiger charge is -2.08. The molecule has 0 spiro atoms. The Labute approximate surface area is 100 Å². The lowest BCUT2D eigenvalue weighted by atomic mass is 10.0. The Morgan fingerprint density at radius 3 is 3.06 bits per heavy atom. The van der Waals surface area contributed by atoms with Crippen molar-refractivity contribution in [3.05, 3.63) is 35.0 Å². The largest absolute Gasteiger partial charge is 0.350 e. The van der Waals surface area contributed by atoms with Crippen molar-refractivity contribution < 1.29 is 0 Å². The average molecular weight is 235 g/mol. The number of aromatic nitrogens is 1. The molecule has 84 valence electrons. The highest BCUT2D eigenvalue weighted by molar-refractivity contribution is 6.31. The van der Waals surface area contributed by atoms with E-state index in [1.165, 1.54) is 29.3 Å². The molecule has 2 aromatic rings. The summed E-state index contributed by atoms with van der Waals surface area (Å²) in [5.74, 6) is 0. The molecule has 0 saturated carbocycles. The zero-order valence-electron chi connectivity index (χ0n) is 9.33. The van der Waals surface area contributed by atoms with Gasteiger partial charge in [-0.05, 0) is 37.1 Å². The molecule has 3 heteroatoms. The number of halogens is 1. The number of hydrogen-bond acceptors (Lipinski definition) is 1. The van der Waals surface area contributed by atoms with Crippen LogP contribution in [0, 0.1) is 0 Å². The van der Waals surface area contributed by atoms with Crippen LogP contribution in [0.4, 0.5) is 0 Å². The molecule has 1 fully saturated rings. The van der Waals surface area contributed by atoms with E-state index in [4.69, 9.17) is 11.6 Å². The summed E-state index contributed by atoms with van der Waals surface area (Å²) in [4.78, 5) is 0. The summed E-state index contributed by atoms with van der Waals surface area (Å²) in [7, 11) is 2.08. The van der Waals surface area contributed by atoms with Crippen LogP contribution in [0.3, 0.4) is 0 Å². The van der Waals surface area contributed by atoms with Crippen LogP contribution < -0.4 is 5.32 Å². The van der Waals surface area contributed by atoms with E-state index in [2.05, 4.69) is 29.2 Å². The van der Waals surface area contributed by atoms with Crippen molar-refractivity contribution >= 4 is 22.5 Å². The lowest BCUT2D eigenvalue weighted by Crippen LogP contribution is -2.12. The van der Waals surface area contributed by atoms with E-state index in [-0.39, 0.29) is 0 Å². The summed E-state index contributed by atoms with van der Waals surface area (Å²) < 4.78 is 2.16. The minimum atomic E-state index is 0.518. The highest BCUT2D eigenvalue weighted by atomic mass is 35.5. The molecule has 1 aliphatic rings. The Balaban J connectivity index is 2.18. The van der Waals surface area contributed by atoms with E-state index in [1.807, 2.05) is 12.1 Å². The van der Waals surface area contributed by atoms with Gasteiger partial charge in [-0.2, -0.15) is 0 Å². The fourth-order valence-electron chi connectivity index (χ4n) is 2.62. The Kier molecular flexibility index (Phi) is 2.41. The summed E-state index contributed by atoms with van der Waals surface area (Å²) in [6.07, 6.45) is 4.74. The summed E-state index contributed by atoms with van der Waals surface area (Å²) in [6, 6.07) is 6.66. The maximum atomic E-state index is 6.03. The number of benzene rings is 1. The van der Waals surface area contributed by atoms with Crippen molar-refractivity contribution in [2.24, 2.45) is 7.05 Å². The maximum absolute atomic E-state index is 6.03. The van der Waals surface area contributed by atoms with E-state index >= 15 is 0 Å². The second-order valence-corrected chi connectivity index (χ2v) is 4.94. The predicted molar refractivity (Wildman–Crippen MR) is 67.9 cm³/mol. The van der Waals surface area contributed by atoms with Crippen molar-refractivity contribution in [3.8, 4) is 0 Å². The monoisotopic (exact) mass is 234 g/mol. The predicted octanol–water partition coefficient (Wildman–Crippen LogP) is 3.26. The zero-order valence-corrected chi connectivity index (χ0v) is 10.1. The first-order chi connectivity index (χ1) is 7.75. The normalized spacial score (nSPS) is 20.8. The Hall–Kier alpha value is -0.990. The molecule has 16 heavy (non-hydrogen) atoms. The minimum Gasteiger partial charge on any atom is -0.350 e. The SMILES string of the molecule is Cn1cc(C2CCCN2)c2ccc(Cl)cc21. The van der Waals surface area contributed by atoms with Crippen LogP contribution in [0.2, 0.25) is 5.02 Å². The van der Waals surface area contributed by atoms with Gasteiger partial charge in [-0.15, -0.1) is 0 Å². The Bertz CT molecular complexity index is 524. The van der Waals surface area contributed by atoms with E-state index in [1.54, 1.807) is 0 Å². The third-order valence-electron chi connectivity index (χ3n) is 3.42.